The van der Waals surface area contributed by atoms with E-state index in [9.17, 15) is 4.39 Å². The van der Waals surface area contributed by atoms with Crippen LogP contribution in [-0.4, -0.2) is 17.1 Å². The molecule has 0 atom stereocenters. The Labute approximate surface area is 121 Å². The Morgan fingerprint density at radius 2 is 2.05 bits per heavy atom. The zero-order valence-corrected chi connectivity index (χ0v) is 12.0. The number of hydrogen-bond acceptors (Lipinski definition) is 3. The molecule has 20 heavy (non-hydrogen) atoms. The highest BCUT2D eigenvalue weighted by Gasteiger charge is 2.28. The zero-order valence-electron chi connectivity index (χ0n) is 11.3. The molecule has 2 aromatic rings. The molecule has 3 rings (SSSR count). The van der Waals surface area contributed by atoms with Gasteiger partial charge in [0, 0.05) is 23.1 Å². The molecule has 1 aromatic heterocycles. The second-order valence-corrected chi connectivity index (χ2v) is 5.32. The van der Waals surface area contributed by atoms with Crippen molar-refractivity contribution < 1.29 is 9.13 Å². The Morgan fingerprint density at radius 1 is 1.30 bits per heavy atom. The minimum atomic E-state index is -0.371. The molecule has 0 amide bonds. The molecule has 0 spiro atoms. The maximum Gasteiger partial charge on any atom is 0.136 e. The van der Waals surface area contributed by atoms with Crippen molar-refractivity contribution in [3.8, 4) is 17.0 Å². The first-order valence-electron chi connectivity index (χ1n) is 6.48. The summed E-state index contributed by atoms with van der Waals surface area (Å²) in [5.74, 6) is 1.19. The molecule has 0 aliphatic heterocycles. The van der Waals surface area contributed by atoms with Crippen molar-refractivity contribution in [1.29, 1.82) is 0 Å². The van der Waals surface area contributed by atoms with Crippen LogP contribution in [0, 0.1) is 12.7 Å². The SMILES string of the molecule is COc1ccc(-c2nc(C3CC3)nc(Cl)c2C)c(F)c1. The number of nitrogens with zero attached hydrogens (tertiary/aromatic N) is 2. The highest BCUT2D eigenvalue weighted by atomic mass is 35.5. The first-order valence-corrected chi connectivity index (χ1v) is 6.86. The summed E-state index contributed by atoms with van der Waals surface area (Å²) < 4.78 is 19.2. The maximum atomic E-state index is 14.2. The summed E-state index contributed by atoms with van der Waals surface area (Å²) in [6, 6.07) is 4.72. The fraction of sp³-hybridized carbons (Fsp3) is 0.333. The van der Waals surface area contributed by atoms with Gasteiger partial charge >= 0.3 is 0 Å². The molecular formula is C15H14ClFN2O. The molecule has 0 radical (unpaired) electrons. The lowest BCUT2D eigenvalue weighted by Gasteiger charge is -2.10. The Bertz CT molecular complexity index is 671. The van der Waals surface area contributed by atoms with E-state index in [1.165, 1.54) is 13.2 Å². The van der Waals surface area contributed by atoms with Gasteiger partial charge in [0.15, 0.2) is 0 Å². The third kappa shape index (κ3) is 2.36. The molecule has 1 heterocycles. The van der Waals surface area contributed by atoms with Gasteiger partial charge in [0.25, 0.3) is 0 Å². The average Bonchev–Trinajstić information content (AvgIpc) is 3.26. The summed E-state index contributed by atoms with van der Waals surface area (Å²) in [4.78, 5) is 8.80. The highest BCUT2D eigenvalue weighted by molar-refractivity contribution is 6.30. The fourth-order valence-corrected chi connectivity index (χ4v) is 2.28. The smallest absolute Gasteiger partial charge is 0.136 e. The number of rotatable bonds is 3. The molecule has 1 saturated carbocycles. The van der Waals surface area contributed by atoms with Crippen molar-refractivity contribution in [3.63, 3.8) is 0 Å². The van der Waals surface area contributed by atoms with Crippen LogP contribution in [-0.2, 0) is 0 Å². The van der Waals surface area contributed by atoms with E-state index in [4.69, 9.17) is 16.3 Å². The van der Waals surface area contributed by atoms with E-state index in [2.05, 4.69) is 9.97 Å². The van der Waals surface area contributed by atoms with Crippen molar-refractivity contribution in [2.24, 2.45) is 0 Å². The number of hydrogen-bond donors (Lipinski definition) is 0. The second-order valence-electron chi connectivity index (χ2n) is 4.97. The zero-order chi connectivity index (χ0) is 14.3. The summed E-state index contributed by atoms with van der Waals surface area (Å²) in [5.41, 5.74) is 1.68. The van der Waals surface area contributed by atoms with Crippen LogP contribution >= 0.6 is 11.6 Å². The van der Waals surface area contributed by atoms with Crippen LogP contribution in [0.15, 0.2) is 18.2 Å². The molecule has 0 saturated heterocycles. The van der Waals surface area contributed by atoms with Gasteiger partial charge in [0.2, 0.25) is 0 Å². The average molecular weight is 293 g/mol. The Kier molecular flexibility index (Phi) is 3.34. The van der Waals surface area contributed by atoms with Crippen molar-refractivity contribution in [2.75, 3.05) is 7.11 Å². The van der Waals surface area contributed by atoms with E-state index in [-0.39, 0.29) is 5.82 Å². The Hall–Kier alpha value is -1.68. The summed E-state index contributed by atoms with van der Waals surface area (Å²) in [6.45, 7) is 1.80. The quantitative estimate of drug-likeness (QED) is 0.798. The van der Waals surface area contributed by atoms with Gasteiger partial charge in [-0.25, -0.2) is 14.4 Å². The van der Waals surface area contributed by atoms with Gasteiger partial charge < -0.3 is 4.74 Å². The number of aromatic nitrogens is 2. The van der Waals surface area contributed by atoms with E-state index in [0.717, 1.165) is 12.8 Å². The van der Waals surface area contributed by atoms with Gasteiger partial charge in [0.05, 0.1) is 12.8 Å². The summed E-state index contributed by atoms with van der Waals surface area (Å²) in [7, 11) is 1.51. The molecule has 0 bridgehead atoms. The molecule has 1 aromatic carbocycles. The van der Waals surface area contributed by atoms with Gasteiger partial charge in [0.1, 0.15) is 22.5 Å². The fourth-order valence-electron chi connectivity index (χ4n) is 2.11. The molecule has 1 aliphatic carbocycles. The number of halogens is 2. The predicted octanol–water partition coefficient (Wildman–Crippen LogP) is 4.13. The lowest BCUT2D eigenvalue weighted by molar-refractivity contribution is 0.411. The van der Waals surface area contributed by atoms with E-state index in [1.807, 2.05) is 0 Å². The number of ether oxygens (including phenoxy) is 1. The predicted molar refractivity (Wildman–Crippen MR) is 75.7 cm³/mol. The topological polar surface area (TPSA) is 35.0 Å². The first-order chi connectivity index (χ1) is 9.60. The molecule has 0 unspecified atom stereocenters. The maximum absolute atomic E-state index is 14.2. The molecule has 3 nitrogen and oxygen atoms in total. The molecule has 1 fully saturated rings. The lowest BCUT2D eigenvalue weighted by atomic mass is 10.1. The summed E-state index contributed by atoms with van der Waals surface area (Å²) in [5, 5.41) is 0.395. The van der Waals surface area contributed by atoms with Crippen LogP contribution in [0.25, 0.3) is 11.3 Å². The van der Waals surface area contributed by atoms with Crippen LogP contribution in [0.1, 0.15) is 30.1 Å². The van der Waals surface area contributed by atoms with Crippen molar-refractivity contribution >= 4 is 11.6 Å². The van der Waals surface area contributed by atoms with Gasteiger partial charge in [-0.1, -0.05) is 11.6 Å². The van der Waals surface area contributed by atoms with E-state index < -0.39 is 0 Å². The molecule has 104 valence electrons. The minimum Gasteiger partial charge on any atom is -0.497 e. The lowest BCUT2D eigenvalue weighted by Crippen LogP contribution is -2.01. The second kappa shape index (κ2) is 5.02. The molecular weight excluding hydrogens is 279 g/mol. The van der Waals surface area contributed by atoms with Gasteiger partial charge in [-0.3, -0.25) is 0 Å². The largest absolute Gasteiger partial charge is 0.497 e. The van der Waals surface area contributed by atoms with Crippen molar-refractivity contribution in [1.82, 2.24) is 9.97 Å². The molecule has 5 heteroatoms. The third-order valence-electron chi connectivity index (χ3n) is 3.48. The number of methoxy groups -OCH3 is 1. The Balaban J connectivity index is 2.13. The van der Waals surface area contributed by atoms with Crippen LogP contribution in [0.4, 0.5) is 4.39 Å². The van der Waals surface area contributed by atoms with Gasteiger partial charge in [-0.2, -0.15) is 0 Å². The monoisotopic (exact) mass is 292 g/mol. The Morgan fingerprint density at radius 3 is 2.65 bits per heavy atom. The van der Waals surface area contributed by atoms with Crippen molar-refractivity contribution in [3.05, 3.63) is 40.6 Å². The summed E-state index contributed by atoms with van der Waals surface area (Å²) >= 11 is 6.15. The van der Waals surface area contributed by atoms with Gasteiger partial charge in [-0.05, 0) is 31.9 Å². The molecule has 0 N–H and O–H groups in total. The standard InChI is InChI=1S/C15H14ClFN2O/c1-8-13(11-6-5-10(20-2)7-12(11)17)18-15(9-3-4-9)19-14(8)16/h5-7,9H,3-4H2,1-2H3. The van der Waals surface area contributed by atoms with E-state index >= 15 is 0 Å². The third-order valence-corrected chi connectivity index (χ3v) is 3.85. The summed E-state index contributed by atoms with van der Waals surface area (Å²) in [6.07, 6.45) is 2.15. The van der Waals surface area contributed by atoms with E-state index in [1.54, 1.807) is 19.1 Å². The van der Waals surface area contributed by atoms with E-state index in [0.29, 0.717) is 39.5 Å². The highest BCUT2D eigenvalue weighted by Crippen LogP contribution is 2.40. The normalized spacial score (nSPS) is 14.4. The van der Waals surface area contributed by atoms with Crippen LogP contribution in [0.5, 0.6) is 5.75 Å². The van der Waals surface area contributed by atoms with Crippen LogP contribution in [0.2, 0.25) is 5.15 Å². The molecule has 1 aliphatic rings. The van der Waals surface area contributed by atoms with Crippen LogP contribution < -0.4 is 4.74 Å². The van der Waals surface area contributed by atoms with Gasteiger partial charge in [-0.15, -0.1) is 0 Å². The van der Waals surface area contributed by atoms with Crippen molar-refractivity contribution in [2.45, 2.75) is 25.7 Å². The van der Waals surface area contributed by atoms with Crippen LogP contribution in [0.3, 0.4) is 0 Å². The first kappa shape index (κ1) is 13.3. The minimum absolute atomic E-state index is 0.369. The number of benzene rings is 1.